The average molecular weight is 383 g/mol. The second kappa shape index (κ2) is 7.92. The summed E-state index contributed by atoms with van der Waals surface area (Å²) in [5.41, 5.74) is 1.37. The Bertz CT molecular complexity index is 852. The van der Waals surface area contributed by atoms with Crippen LogP contribution in [0.25, 0.3) is 0 Å². The number of carbonyl (C=O) groups is 2. The van der Waals surface area contributed by atoms with E-state index >= 15 is 0 Å². The zero-order valence-corrected chi connectivity index (χ0v) is 15.9. The molecule has 8 nitrogen and oxygen atoms in total. The van der Waals surface area contributed by atoms with Crippen LogP contribution < -0.4 is 20.3 Å². The fraction of sp³-hybridized carbons (Fsp3) is 0.450. The summed E-state index contributed by atoms with van der Waals surface area (Å²) in [6, 6.07) is 5.42. The molecule has 2 atom stereocenters. The van der Waals surface area contributed by atoms with Gasteiger partial charge < -0.3 is 24.8 Å². The number of hydrogen-bond donors (Lipinski definition) is 2. The number of anilines is 2. The number of amides is 3. The van der Waals surface area contributed by atoms with E-state index in [1.54, 1.807) is 36.7 Å². The van der Waals surface area contributed by atoms with Crippen LogP contribution in [0.5, 0.6) is 5.75 Å². The van der Waals surface area contributed by atoms with Gasteiger partial charge in [-0.2, -0.15) is 0 Å². The van der Waals surface area contributed by atoms with Gasteiger partial charge in [-0.1, -0.05) is 0 Å². The van der Waals surface area contributed by atoms with E-state index in [9.17, 15) is 9.59 Å². The first kappa shape index (κ1) is 18.3. The summed E-state index contributed by atoms with van der Waals surface area (Å²) >= 11 is 0. The van der Waals surface area contributed by atoms with E-state index in [1.165, 1.54) is 0 Å². The van der Waals surface area contributed by atoms with Crippen LogP contribution in [0.15, 0.2) is 36.9 Å². The minimum absolute atomic E-state index is 0.0672. The lowest BCUT2D eigenvalue weighted by atomic mass is 10.2. The van der Waals surface area contributed by atoms with Gasteiger partial charge in [0.2, 0.25) is 5.91 Å². The molecular weight excluding hydrogens is 358 g/mol. The highest BCUT2D eigenvalue weighted by molar-refractivity contribution is 5.97. The molecule has 2 fully saturated rings. The van der Waals surface area contributed by atoms with Gasteiger partial charge in [0.15, 0.2) is 0 Å². The quantitative estimate of drug-likeness (QED) is 0.831. The van der Waals surface area contributed by atoms with Gasteiger partial charge in [0, 0.05) is 37.1 Å². The number of aromatic nitrogens is 2. The normalized spacial score (nSPS) is 21.8. The molecule has 0 bridgehead atoms. The summed E-state index contributed by atoms with van der Waals surface area (Å²) in [6.07, 6.45) is 9.93. The molecule has 148 valence electrons. The number of benzene rings is 1. The lowest BCUT2D eigenvalue weighted by molar-refractivity contribution is -0.117. The summed E-state index contributed by atoms with van der Waals surface area (Å²) < 4.78 is 7.51. The Morgan fingerprint density at radius 3 is 2.89 bits per heavy atom. The predicted octanol–water partition coefficient (Wildman–Crippen LogP) is 2.93. The van der Waals surface area contributed by atoms with Crippen LogP contribution in [0.2, 0.25) is 0 Å². The largest absolute Gasteiger partial charge is 0.494 e. The smallest absolute Gasteiger partial charge is 0.319 e. The number of ether oxygens (including phenoxy) is 1. The first-order valence-electron chi connectivity index (χ1n) is 9.69. The van der Waals surface area contributed by atoms with Crippen molar-refractivity contribution < 1.29 is 14.3 Å². The van der Waals surface area contributed by atoms with Crippen LogP contribution in [0.4, 0.5) is 16.2 Å². The van der Waals surface area contributed by atoms with Crippen molar-refractivity contribution in [1.29, 1.82) is 0 Å². The van der Waals surface area contributed by atoms with Crippen LogP contribution in [0, 0.1) is 0 Å². The number of imidazole rings is 1. The predicted molar refractivity (Wildman–Crippen MR) is 106 cm³/mol. The Labute approximate surface area is 163 Å². The maximum absolute atomic E-state index is 12.5. The van der Waals surface area contributed by atoms with Crippen LogP contribution >= 0.6 is 0 Å². The molecule has 1 aliphatic carbocycles. The molecule has 1 saturated carbocycles. The van der Waals surface area contributed by atoms with Gasteiger partial charge in [0.25, 0.3) is 0 Å². The van der Waals surface area contributed by atoms with Gasteiger partial charge in [0.1, 0.15) is 5.75 Å². The van der Waals surface area contributed by atoms with Crippen molar-refractivity contribution in [3.8, 4) is 5.75 Å². The van der Waals surface area contributed by atoms with Gasteiger partial charge in [-0.15, -0.1) is 0 Å². The fourth-order valence-electron chi connectivity index (χ4n) is 4.15. The zero-order valence-electron chi connectivity index (χ0n) is 15.9. The third kappa shape index (κ3) is 3.67. The van der Waals surface area contributed by atoms with E-state index in [-0.39, 0.29) is 24.0 Å². The van der Waals surface area contributed by atoms with Crippen LogP contribution in [-0.2, 0) is 4.79 Å². The monoisotopic (exact) mass is 383 g/mol. The molecule has 1 aromatic carbocycles. The maximum atomic E-state index is 12.5. The second-order valence-corrected chi connectivity index (χ2v) is 7.25. The molecule has 2 aliphatic rings. The van der Waals surface area contributed by atoms with E-state index < -0.39 is 0 Å². The Morgan fingerprint density at radius 1 is 1.29 bits per heavy atom. The number of nitrogens with zero attached hydrogens (tertiary/aromatic N) is 3. The highest BCUT2D eigenvalue weighted by atomic mass is 16.5. The summed E-state index contributed by atoms with van der Waals surface area (Å²) in [5.74, 6) is 0.675. The van der Waals surface area contributed by atoms with E-state index in [1.807, 2.05) is 12.3 Å². The van der Waals surface area contributed by atoms with Crippen molar-refractivity contribution in [3.63, 3.8) is 0 Å². The summed E-state index contributed by atoms with van der Waals surface area (Å²) in [4.78, 5) is 30.4. The van der Waals surface area contributed by atoms with E-state index in [0.717, 1.165) is 31.4 Å². The Balaban J connectivity index is 1.42. The molecule has 2 N–H and O–H groups in total. The van der Waals surface area contributed by atoms with E-state index in [4.69, 9.17) is 4.74 Å². The molecule has 1 aliphatic heterocycles. The molecule has 1 saturated heterocycles. The van der Waals surface area contributed by atoms with Crippen molar-refractivity contribution in [2.24, 2.45) is 0 Å². The number of hydrogen-bond acceptors (Lipinski definition) is 4. The summed E-state index contributed by atoms with van der Waals surface area (Å²) in [6.45, 7) is 0.694. The highest BCUT2D eigenvalue weighted by Crippen LogP contribution is 2.34. The van der Waals surface area contributed by atoms with Crippen molar-refractivity contribution in [1.82, 2.24) is 14.9 Å². The van der Waals surface area contributed by atoms with Crippen molar-refractivity contribution in [2.45, 2.75) is 44.2 Å². The third-order valence-corrected chi connectivity index (χ3v) is 5.51. The Hall–Kier alpha value is -3.03. The van der Waals surface area contributed by atoms with Crippen molar-refractivity contribution in [2.75, 3.05) is 23.9 Å². The molecule has 4 rings (SSSR count). The van der Waals surface area contributed by atoms with Crippen LogP contribution in [0.3, 0.4) is 0 Å². The molecule has 3 amide bonds. The average Bonchev–Trinajstić information content (AvgIpc) is 3.43. The SMILES string of the molecule is COc1cc(NC(=O)N[C@@H]2CCC[C@H]2n2ccnc2)ccc1N1CCCC1=O. The molecule has 2 heterocycles. The topological polar surface area (TPSA) is 88.5 Å². The molecular formula is C20H25N5O3. The number of urea groups is 1. The molecule has 1 aromatic heterocycles. The molecule has 28 heavy (non-hydrogen) atoms. The van der Waals surface area contributed by atoms with Gasteiger partial charge >= 0.3 is 6.03 Å². The first-order chi connectivity index (χ1) is 13.7. The maximum Gasteiger partial charge on any atom is 0.319 e. The van der Waals surface area contributed by atoms with Crippen LogP contribution in [-0.4, -0.2) is 41.2 Å². The van der Waals surface area contributed by atoms with Crippen LogP contribution in [0.1, 0.15) is 38.1 Å². The third-order valence-electron chi connectivity index (χ3n) is 5.51. The number of carbonyl (C=O) groups excluding carboxylic acids is 2. The van der Waals surface area contributed by atoms with E-state index in [0.29, 0.717) is 24.4 Å². The standard InChI is InChI=1S/C20H25N5O3/c1-28-18-12-14(7-8-17(18)25-10-3-6-19(25)26)22-20(27)23-15-4-2-5-16(15)24-11-9-21-13-24/h7-9,11-13,15-16H,2-6,10H2,1H3,(H2,22,23,27)/t15-,16-/m1/s1. The Morgan fingerprint density at radius 2 is 2.18 bits per heavy atom. The van der Waals surface area contributed by atoms with Crippen molar-refractivity contribution >= 4 is 23.3 Å². The molecule has 2 aromatic rings. The molecule has 8 heteroatoms. The van der Waals surface area contributed by atoms with Gasteiger partial charge in [-0.25, -0.2) is 9.78 Å². The first-order valence-corrected chi connectivity index (χ1v) is 9.69. The van der Waals surface area contributed by atoms with Gasteiger partial charge in [-0.3, -0.25) is 4.79 Å². The minimum atomic E-state index is -0.246. The minimum Gasteiger partial charge on any atom is -0.494 e. The zero-order chi connectivity index (χ0) is 19.5. The molecule has 0 unspecified atom stereocenters. The lowest BCUT2D eigenvalue weighted by Crippen LogP contribution is -2.40. The second-order valence-electron chi connectivity index (χ2n) is 7.25. The van der Waals surface area contributed by atoms with E-state index in [2.05, 4.69) is 20.2 Å². The summed E-state index contributed by atoms with van der Waals surface area (Å²) in [5, 5.41) is 5.96. The lowest BCUT2D eigenvalue weighted by Gasteiger charge is -2.23. The Kier molecular flexibility index (Phi) is 5.18. The number of methoxy groups -OCH3 is 1. The number of nitrogens with one attached hydrogen (secondary N) is 2. The van der Waals surface area contributed by atoms with Crippen molar-refractivity contribution in [3.05, 3.63) is 36.9 Å². The fourth-order valence-corrected chi connectivity index (χ4v) is 4.15. The molecule has 0 radical (unpaired) electrons. The molecule has 0 spiro atoms. The van der Waals surface area contributed by atoms with Gasteiger partial charge in [-0.05, 0) is 37.8 Å². The highest BCUT2D eigenvalue weighted by Gasteiger charge is 2.30. The number of rotatable bonds is 5. The summed E-state index contributed by atoms with van der Waals surface area (Å²) in [7, 11) is 1.57. The van der Waals surface area contributed by atoms with Gasteiger partial charge in [0.05, 0.1) is 31.2 Å².